The van der Waals surface area contributed by atoms with Crippen LogP contribution in [0.2, 0.25) is 5.02 Å². The Morgan fingerprint density at radius 1 is 1.56 bits per heavy atom. The monoisotopic (exact) mass is 243 g/mol. The molecule has 0 radical (unpaired) electrons. The smallest absolute Gasteiger partial charge is 0.405 e. The molecule has 5 heteroatoms. The highest BCUT2D eigenvalue weighted by molar-refractivity contribution is 6.30. The number of amides is 1. The third-order valence-electron chi connectivity index (χ3n) is 2.18. The molecule has 0 fully saturated rings. The van der Waals surface area contributed by atoms with Crippen molar-refractivity contribution in [2.45, 2.75) is 12.5 Å². The van der Waals surface area contributed by atoms with Gasteiger partial charge >= 0.3 is 6.09 Å². The normalized spacial score (nSPS) is 14.2. The summed E-state index contributed by atoms with van der Waals surface area (Å²) in [5.41, 5.74) is 4.85. The molecule has 4 nitrogen and oxygen atoms in total. The maximum absolute atomic E-state index is 10.9. The highest BCUT2D eigenvalue weighted by atomic mass is 35.5. The summed E-state index contributed by atoms with van der Waals surface area (Å²) in [5.74, 6) is 0. The van der Waals surface area contributed by atoms with E-state index in [4.69, 9.17) is 26.8 Å². The minimum Gasteiger partial charge on any atom is -0.436 e. The number of carbonyl (C=O) groups is 1. The Kier molecular flexibility index (Phi) is 4.15. The Bertz CT molecular complexity index is 383. The molecule has 1 atom stereocenters. The van der Waals surface area contributed by atoms with Crippen molar-refractivity contribution in [2.24, 2.45) is 5.73 Å². The number of carbonyl (C=O) groups excluding carboxylic acids is 1. The molecule has 0 spiro atoms. The molecule has 0 bridgehead atoms. The molecule has 1 aromatic carbocycles. The van der Waals surface area contributed by atoms with E-state index in [9.17, 15) is 4.79 Å². The molecule has 1 aromatic rings. The minimum atomic E-state index is -0.925. The van der Waals surface area contributed by atoms with Crippen molar-refractivity contribution in [1.29, 1.82) is 0 Å². The molecule has 88 valence electrons. The van der Waals surface area contributed by atoms with Gasteiger partial charge in [0.05, 0.1) is 6.61 Å². The molecule has 0 aliphatic carbocycles. The van der Waals surface area contributed by atoms with Crippen LogP contribution in [-0.4, -0.2) is 19.8 Å². The largest absolute Gasteiger partial charge is 0.436 e. The van der Waals surface area contributed by atoms with Crippen LogP contribution in [0.15, 0.2) is 24.3 Å². The summed E-state index contributed by atoms with van der Waals surface area (Å²) in [7, 11) is 1.52. The van der Waals surface area contributed by atoms with Crippen LogP contribution in [0, 0.1) is 0 Å². The number of rotatable bonds is 4. The molecule has 0 aromatic heterocycles. The molecule has 16 heavy (non-hydrogen) atoms. The van der Waals surface area contributed by atoms with Crippen LogP contribution in [0.25, 0.3) is 0 Å². The first-order chi connectivity index (χ1) is 7.48. The van der Waals surface area contributed by atoms with E-state index in [0.717, 1.165) is 5.56 Å². The van der Waals surface area contributed by atoms with Crippen LogP contribution in [0.5, 0.6) is 0 Å². The number of hydrogen-bond donors (Lipinski definition) is 1. The molecular weight excluding hydrogens is 230 g/mol. The van der Waals surface area contributed by atoms with Gasteiger partial charge in [0.15, 0.2) is 5.60 Å². The number of primary amides is 1. The van der Waals surface area contributed by atoms with Gasteiger partial charge in [0.25, 0.3) is 0 Å². The van der Waals surface area contributed by atoms with E-state index in [-0.39, 0.29) is 6.61 Å². The van der Waals surface area contributed by atoms with Gasteiger partial charge in [-0.2, -0.15) is 0 Å². The molecule has 0 saturated heterocycles. The average molecular weight is 244 g/mol. The van der Waals surface area contributed by atoms with Gasteiger partial charge in [-0.3, -0.25) is 0 Å². The highest BCUT2D eigenvalue weighted by Crippen LogP contribution is 2.27. The zero-order chi connectivity index (χ0) is 12.2. The summed E-state index contributed by atoms with van der Waals surface area (Å²) in [4.78, 5) is 10.9. The molecular formula is C11H14ClNO3. The number of methoxy groups -OCH3 is 1. The molecule has 0 aliphatic rings. The van der Waals surface area contributed by atoms with Crippen LogP contribution < -0.4 is 5.73 Å². The van der Waals surface area contributed by atoms with Gasteiger partial charge in [0, 0.05) is 12.1 Å². The third kappa shape index (κ3) is 3.12. The number of ether oxygens (including phenoxy) is 2. The molecule has 1 rings (SSSR count). The van der Waals surface area contributed by atoms with Gasteiger partial charge < -0.3 is 15.2 Å². The fraction of sp³-hybridized carbons (Fsp3) is 0.364. The quantitative estimate of drug-likeness (QED) is 0.883. The zero-order valence-corrected chi connectivity index (χ0v) is 9.95. The summed E-state index contributed by atoms with van der Waals surface area (Å²) in [5, 5.41) is 0.563. The van der Waals surface area contributed by atoms with E-state index >= 15 is 0 Å². The standard InChI is InChI=1S/C11H14ClNO3/c1-11(7-15-2,16-10(13)14)8-4-3-5-9(12)6-8/h3-6H,7H2,1-2H3,(H2,13,14). The Hall–Kier alpha value is -1.26. The molecule has 1 unspecified atom stereocenters. The number of halogens is 1. The second-order valence-corrected chi connectivity index (χ2v) is 4.03. The first kappa shape index (κ1) is 12.8. The van der Waals surface area contributed by atoms with Crippen molar-refractivity contribution in [3.63, 3.8) is 0 Å². The molecule has 0 heterocycles. The Morgan fingerprint density at radius 2 is 2.25 bits per heavy atom. The van der Waals surface area contributed by atoms with E-state index in [1.165, 1.54) is 7.11 Å². The van der Waals surface area contributed by atoms with Crippen LogP contribution in [-0.2, 0) is 15.1 Å². The fourth-order valence-electron chi connectivity index (χ4n) is 1.49. The average Bonchev–Trinajstić information content (AvgIpc) is 2.16. The Balaban J connectivity index is 3.05. The lowest BCUT2D eigenvalue weighted by Gasteiger charge is -2.28. The first-order valence-corrected chi connectivity index (χ1v) is 5.09. The number of benzene rings is 1. The van der Waals surface area contributed by atoms with Crippen molar-refractivity contribution in [3.8, 4) is 0 Å². The van der Waals surface area contributed by atoms with E-state index < -0.39 is 11.7 Å². The zero-order valence-electron chi connectivity index (χ0n) is 9.20. The lowest BCUT2D eigenvalue weighted by molar-refractivity contribution is -0.0314. The van der Waals surface area contributed by atoms with Crippen molar-refractivity contribution in [3.05, 3.63) is 34.9 Å². The SMILES string of the molecule is COCC(C)(OC(N)=O)c1cccc(Cl)c1. The van der Waals surface area contributed by atoms with Crippen molar-refractivity contribution < 1.29 is 14.3 Å². The van der Waals surface area contributed by atoms with Crippen molar-refractivity contribution in [1.82, 2.24) is 0 Å². The van der Waals surface area contributed by atoms with Gasteiger partial charge in [-0.15, -0.1) is 0 Å². The van der Waals surface area contributed by atoms with Crippen LogP contribution in [0.1, 0.15) is 12.5 Å². The molecule has 0 aliphatic heterocycles. The summed E-state index contributed by atoms with van der Waals surface area (Å²) >= 11 is 5.88. The van der Waals surface area contributed by atoms with Gasteiger partial charge in [-0.1, -0.05) is 23.7 Å². The topological polar surface area (TPSA) is 61.6 Å². The van der Waals surface area contributed by atoms with Crippen molar-refractivity contribution >= 4 is 17.7 Å². The number of hydrogen-bond acceptors (Lipinski definition) is 3. The van der Waals surface area contributed by atoms with E-state index in [0.29, 0.717) is 5.02 Å². The van der Waals surface area contributed by atoms with E-state index in [2.05, 4.69) is 0 Å². The van der Waals surface area contributed by atoms with Gasteiger partial charge in [0.2, 0.25) is 0 Å². The summed E-state index contributed by atoms with van der Waals surface area (Å²) in [6.07, 6.45) is -0.848. The third-order valence-corrected chi connectivity index (χ3v) is 2.42. The first-order valence-electron chi connectivity index (χ1n) is 4.71. The van der Waals surface area contributed by atoms with Crippen LogP contribution in [0.3, 0.4) is 0 Å². The molecule has 1 amide bonds. The van der Waals surface area contributed by atoms with Gasteiger partial charge in [-0.25, -0.2) is 4.79 Å². The second-order valence-electron chi connectivity index (χ2n) is 3.60. The molecule has 2 N–H and O–H groups in total. The Morgan fingerprint density at radius 3 is 2.75 bits per heavy atom. The summed E-state index contributed by atoms with van der Waals surface area (Å²) in [6, 6.07) is 7.02. The lowest BCUT2D eigenvalue weighted by Crippen LogP contribution is -2.36. The lowest BCUT2D eigenvalue weighted by atomic mass is 9.97. The van der Waals surface area contributed by atoms with Crippen molar-refractivity contribution in [2.75, 3.05) is 13.7 Å². The van der Waals surface area contributed by atoms with E-state index in [1.54, 1.807) is 31.2 Å². The summed E-state index contributed by atoms with van der Waals surface area (Å²) < 4.78 is 10.1. The minimum absolute atomic E-state index is 0.205. The maximum Gasteiger partial charge on any atom is 0.405 e. The maximum atomic E-state index is 10.9. The highest BCUT2D eigenvalue weighted by Gasteiger charge is 2.30. The fourth-order valence-corrected chi connectivity index (χ4v) is 1.68. The Labute approximate surface area is 99.3 Å². The summed E-state index contributed by atoms with van der Waals surface area (Å²) in [6.45, 7) is 1.92. The van der Waals surface area contributed by atoms with Crippen LogP contribution >= 0.6 is 11.6 Å². The number of nitrogens with two attached hydrogens (primary N) is 1. The van der Waals surface area contributed by atoms with Crippen LogP contribution in [0.4, 0.5) is 4.79 Å². The van der Waals surface area contributed by atoms with Gasteiger partial charge in [0.1, 0.15) is 0 Å². The molecule has 0 saturated carbocycles. The van der Waals surface area contributed by atoms with E-state index in [1.807, 2.05) is 0 Å². The predicted molar refractivity (Wildman–Crippen MR) is 61.3 cm³/mol. The van der Waals surface area contributed by atoms with Gasteiger partial charge in [-0.05, 0) is 24.6 Å². The predicted octanol–water partition coefficient (Wildman–Crippen LogP) is 2.30. The second kappa shape index (κ2) is 5.18.